The first kappa shape index (κ1) is 12.0. The van der Waals surface area contributed by atoms with Crippen LogP contribution < -0.4 is 0 Å². The van der Waals surface area contributed by atoms with Gasteiger partial charge in [0.05, 0.1) is 6.42 Å². The molecule has 2 aromatic heterocycles. The molecule has 0 aromatic carbocycles. The summed E-state index contributed by atoms with van der Waals surface area (Å²) < 4.78 is 0. The third-order valence-electron chi connectivity index (χ3n) is 2.86. The van der Waals surface area contributed by atoms with Crippen LogP contribution >= 0.6 is 34.4 Å². The van der Waals surface area contributed by atoms with E-state index in [1.54, 1.807) is 11.3 Å². The summed E-state index contributed by atoms with van der Waals surface area (Å²) in [6.07, 6.45) is 2.34. The normalized spacial score (nSPS) is 22.4. The second kappa shape index (κ2) is 4.53. The van der Waals surface area contributed by atoms with Gasteiger partial charge in [0.1, 0.15) is 4.88 Å². The summed E-state index contributed by atoms with van der Waals surface area (Å²) in [5.74, 6) is 0. The first-order chi connectivity index (χ1) is 8.74. The van der Waals surface area contributed by atoms with Crippen LogP contribution in [0.1, 0.15) is 11.3 Å². The average Bonchev–Trinajstić information content (AvgIpc) is 3.11. The van der Waals surface area contributed by atoms with E-state index in [2.05, 4.69) is 0 Å². The van der Waals surface area contributed by atoms with Gasteiger partial charge in [0.25, 0.3) is 0 Å². The SMILES string of the molecule is O=[N+]([O-])C1(c2sccc2-c2cccs2)CC=CS1. The molecule has 2 aromatic rings. The number of hydrogen-bond acceptors (Lipinski definition) is 5. The lowest BCUT2D eigenvalue weighted by Crippen LogP contribution is -2.28. The summed E-state index contributed by atoms with van der Waals surface area (Å²) in [5, 5.41) is 17.3. The lowest BCUT2D eigenvalue weighted by molar-refractivity contribution is -0.543. The molecule has 0 spiro atoms. The standard InChI is InChI=1S/C12H9NO2S3/c14-13(15)12(5-2-7-18-12)11-9(4-8-17-11)10-3-1-6-16-10/h1-4,6-8H,5H2. The smallest absolute Gasteiger partial charge is 0.263 e. The van der Waals surface area contributed by atoms with Crippen molar-refractivity contribution in [1.82, 2.24) is 0 Å². The maximum Gasteiger partial charge on any atom is 0.309 e. The van der Waals surface area contributed by atoms with E-state index < -0.39 is 4.87 Å². The van der Waals surface area contributed by atoms with Gasteiger partial charge in [-0.1, -0.05) is 12.1 Å². The number of hydrogen-bond donors (Lipinski definition) is 0. The molecule has 3 nitrogen and oxygen atoms in total. The van der Waals surface area contributed by atoms with E-state index in [1.807, 2.05) is 40.4 Å². The predicted octanol–water partition coefficient (Wildman–Crippen LogP) is 4.56. The minimum atomic E-state index is -1.02. The molecule has 1 aliphatic heterocycles. The summed E-state index contributed by atoms with van der Waals surface area (Å²) in [7, 11) is 0. The maximum atomic E-state index is 11.5. The van der Waals surface area contributed by atoms with Gasteiger partial charge in [-0.05, 0) is 40.1 Å². The van der Waals surface area contributed by atoms with Crippen molar-refractivity contribution < 1.29 is 4.92 Å². The molecule has 0 amide bonds. The zero-order valence-corrected chi connectivity index (χ0v) is 11.7. The number of thioether (sulfide) groups is 1. The molecule has 1 atom stereocenters. The van der Waals surface area contributed by atoms with Gasteiger partial charge in [-0.15, -0.1) is 22.7 Å². The number of nitrogens with zero attached hydrogens (tertiary/aromatic N) is 1. The monoisotopic (exact) mass is 295 g/mol. The largest absolute Gasteiger partial charge is 0.309 e. The second-order valence-electron chi connectivity index (χ2n) is 3.88. The van der Waals surface area contributed by atoms with Gasteiger partial charge in [-0.25, -0.2) is 0 Å². The highest BCUT2D eigenvalue weighted by Crippen LogP contribution is 2.51. The van der Waals surface area contributed by atoms with Crippen LogP contribution in [0.15, 0.2) is 40.4 Å². The number of thiophene rings is 2. The van der Waals surface area contributed by atoms with Crippen LogP contribution in [0, 0.1) is 10.1 Å². The topological polar surface area (TPSA) is 43.1 Å². The molecule has 92 valence electrons. The van der Waals surface area contributed by atoms with Crippen LogP contribution in [0.5, 0.6) is 0 Å². The van der Waals surface area contributed by atoms with Gasteiger partial charge < -0.3 is 0 Å². The van der Waals surface area contributed by atoms with Crippen molar-refractivity contribution in [2.75, 3.05) is 0 Å². The quantitative estimate of drug-likeness (QED) is 0.616. The van der Waals surface area contributed by atoms with Gasteiger partial charge in [0.15, 0.2) is 0 Å². The molecular formula is C12H9NO2S3. The van der Waals surface area contributed by atoms with Crippen LogP contribution in [0.3, 0.4) is 0 Å². The summed E-state index contributed by atoms with van der Waals surface area (Å²) in [5.41, 5.74) is 1.00. The van der Waals surface area contributed by atoms with Crippen LogP contribution in [0.25, 0.3) is 10.4 Å². The van der Waals surface area contributed by atoms with Crippen LogP contribution in [-0.4, -0.2) is 4.92 Å². The van der Waals surface area contributed by atoms with Crippen molar-refractivity contribution in [2.24, 2.45) is 0 Å². The van der Waals surface area contributed by atoms with Crippen molar-refractivity contribution in [3.8, 4) is 10.4 Å². The molecule has 1 unspecified atom stereocenters. The van der Waals surface area contributed by atoms with Gasteiger partial charge >= 0.3 is 4.87 Å². The number of rotatable bonds is 3. The van der Waals surface area contributed by atoms with Crippen LogP contribution in [-0.2, 0) is 4.87 Å². The van der Waals surface area contributed by atoms with Crippen LogP contribution in [0.4, 0.5) is 0 Å². The van der Waals surface area contributed by atoms with Gasteiger partial charge in [0, 0.05) is 15.4 Å². The minimum Gasteiger partial charge on any atom is -0.263 e. The molecule has 0 N–H and O–H groups in total. The maximum absolute atomic E-state index is 11.5. The summed E-state index contributed by atoms with van der Waals surface area (Å²) in [6.45, 7) is 0. The molecule has 3 heterocycles. The third-order valence-corrected chi connectivity index (χ3v) is 6.19. The zero-order chi connectivity index (χ0) is 12.6. The highest BCUT2D eigenvalue weighted by atomic mass is 32.2. The first-order valence-electron chi connectivity index (χ1n) is 5.33. The third kappa shape index (κ3) is 1.72. The van der Waals surface area contributed by atoms with E-state index in [0.29, 0.717) is 6.42 Å². The average molecular weight is 295 g/mol. The van der Waals surface area contributed by atoms with E-state index in [-0.39, 0.29) is 4.92 Å². The fourth-order valence-electron chi connectivity index (χ4n) is 2.00. The lowest BCUT2D eigenvalue weighted by atomic mass is 10.1. The van der Waals surface area contributed by atoms with Gasteiger partial charge in [-0.2, -0.15) is 0 Å². The minimum absolute atomic E-state index is 0.152. The van der Waals surface area contributed by atoms with Crippen LogP contribution in [0.2, 0.25) is 0 Å². The Bertz CT molecular complexity index is 593. The van der Waals surface area contributed by atoms with Crippen molar-refractivity contribution in [3.63, 3.8) is 0 Å². The molecule has 0 saturated carbocycles. The Hall–Kier alpha value is -1.11. The fourth-order valence-corrected chi connectivity index (χ4v) is 5.01. The van der Waals surface area contributed by atoms with E-state index >= 15 is 0 Å². The molecule has 3 rings (SSSR count). The lowest BCUT2D eigenvalue weighted by Gasteiger charge is -2.18. The molecule has 18 heavy (non-hydrogen) atoms. The summed E-state index contributed by atoms with van der Waals surface area (Å²) in [4.78, 5) is 12.3. The molecule has 0 bridgehead atoms. The molecule has 1 aliphatic rings. The van der Waals surface area contributed by atoms with Crippen molar-refractivity contribution in [2.45, 2.75) is 11.3 Å². The number of nitro groups is 1. The molecule has 0 aliphatic carbocycles. The van der Waals surface area contributed by atoms with Crippen molar-refractivity contribution >= 4 is 34.4 Å². The first-order valence-corrected chi connectivity index (χ1v) is 7.97. The molecule has 6 heteroatoms. The Kier molecular flexibility index (Phi) is 3.01. The van der Waals surface area contributed by atoms with Crippen molar-refractivity contribution in [1.29, 1.82) is 0 Å². The zero-order valence-electron chi connectivity index (χ0n) is 9.24. The van der Waals surface area contributed by atoms with Gasteiger partial charge in [0.2, 0.25) is 0 Å². The van der Waals surface area contributed by atoms with Gasteiger partial charge in [-0.3, -0.25) is 10.1 Å². The summed E-state index contributed by atoms with van der Waals surface area (Å²) in [6, 6.07) is 5.97. The Morgan fingerprint density at radius 1 is 1.28 bits per heavy atom. The highest BCUT2D eigenvalue weighted by molar-refractivity contribution is 8.03. The van der Waals surface area contributed by atoms with E-state index in [4.69, 9.17) is 0 Å². The fraction of sp³-hybridized carbons (Fsp3) is 0.167. The van der Waals surface area contributed by atoms with E-state index in [0.717, 1.165) is 15.3 Å². The second-order valence-corrected chi connectivity index (χ2v) is 6.92. The Balaban J connectivity index is 2.12. The van der Waals surface area contributed by atoms with E-state index in [1.165, 1.54) is 23.1 Å². The Morgan fingerprint density at radius 3 is 2.78 bits per heavy atom. The molecule has 0 saturated heterocycles. The van der Waals surface area contributed by atoms with E-state index in [9.17, 15) is 10.1 Å². The highest BCUT2D eigenvalue weighted by Gasteiger charge is 2.49. The molecule has 0 radical (unpaired) electrons. The Morgan fingerprint density at radius 2 is 2.17 bits per heavy atom. The molecular weight excluding hydrogens is 286 g/mol. The molecule has 0 fully saturated rings. The summed E-state index contributed by atoms with van der Waals surface area (Å²) >= 11 is 4.40. The Labute approximate surface area is 116 Å². The van der Waals surface area contributed by atoms with Crippen molar-refractivity contribution in [3.05, 3.63) is 55.4 Å². The predicted molar refractivity (Wildman–Crippen MR) is 77.7 cm³/mol.